The Morgan fingerprint density at radius 3 is 2.53 bits per heavy atom. The predicted molar refractivity (Wildman–Crippen MR) is 72.3 cm³/mol. The normalized spacial score (nSPS) is 17.0. The number of rotatable bonds is 4. The Bertz CT molecular complexity index is 619. The SMILES string of the molecule is CCc1ccc(C(=O)NC2(C)CC2)cc1S(N)(=O)=O. The molecular formula is C13H18N2O3S. The van der Waals surface area contributed by atoms with Crippen LogP contribution in [-0.4, -0.2) is 19.9 Å². The van der Waals surface area contributed by atoms with Crippen LogP contribution < -0.4 is 10.5 Å². The predicted octanol–water partition coefficient (Wildman–Crippen LogP) is 1.18. The molecule has 0 bridgehead atoms. The minimum atomic E-state index is -3.81. The molecule has 19 heavy (non-hydrogen) atoms. The fourth-order valence-corrected chi connectivity index (χ4v) is 2.78. The number of benzene rings is 1. The zero-order valence-electron chi connectivity index (χ0n) is 11.1. The van der Waals surface area contributed by atoms with Gasteiger partial charge in [-0.1, -0.05) is 13.0 Å². The van der Waals surface area contributed by atoms with Gasteiger partial charge in [-0.25, -0.2) is 13.6 Å². The summed E-state index contributed by atoms with van der Waals surface area (Å²) in [6, 6.07) is 4.63. The van der Waals surface area contributed by atoms with Crippen LogP contribution in [-0.2, 0) is 16.4 Å². The van der Waals surface area contributed by atoms with E-state index in [4.69, 9.17) is 5.14 Å². The van der Waals surface area contributed by atoms with Crippen molar-refractivity contribution in [3.05, 3.63) is 29.3 Å². The van der Waals surface area contributed by atoms with Gasteiger partial charge in [0.05, 0.1) is 4.90 Å². The van der Waals surface area contributed by atoms with Crippen LogP contribution in [0, 0.1) is 0 Å². The van der Waals surface area contributed by atoms with Gasteiger partial charge in [-0.15, -0.1) is 0 Å². The fraction of sp³-hybridized carbons (Fsp3) is 0.462. The lowest BCUT2D eigenvalue weighted by molar-refractivity contribution is 0.0935. The minimum Gasteiger partial charge on any atom is -0.347 e. The molecule has 0 saturated heterocycles. The number of nitrogens with one attached hydrogen (secondary N) is 1. The van der Waals surface area contributed by atoms with Crippen LogP contribution in [0.25, 0.3) is 0 Å². The highest BCUT2D eigenvalue weighted by Crippen LogP contribution is 2.34. The molecule has 0 radical (unpaired) electrons. The summed E-state index contributed by atoms with van der Waals surface area (Å²) in [7, 11) is -3.81. The molecule has 1 aliphatic carbocycles. The highest BCUT2D eigenvalue weighted by molar-refractivity contribution is 7.89. The van der Waals surface area contributed by atoms with Crippen LogP contribution in [0.1, 0.15) is 42.6 Å². The van der Waals surface area contributed by atoms with E-state index >= 15 is 0 Å². The third-order valence-electron chi connectivity index (χ3n) is 3.43. The molecule has 1 saturated carbocycles. The topological polar surface area (TPSA) is 89.3 Å². The second-order valence-electron chi connectivity index (χ2n) is 5.24. The number of carbonyl (C=O) groups is 1. The summed E-state index contributed by atoms with van der Waals surface area (Å²) in [6.07, 6.45) is 2.45. The van der Waals surface area contributed by atoms with Gasteiger partial charge < -0.3 is 5.32 Å². The maximum Gasteiger partial charge on any atom is 0.251 e. The van der Waals surface area contributed by atoms with E-state index in [1.807, 2.05) is 13.8 Å². The van der Waals surface area contributed by atoms with Gasteiger partial charge in [0, 0.05) is 11.1 Å². The molecule has 1 aromatic carbocycles. The van der Waals surface area contributed by atoms with E-state index in [0.717, 1.165) is 12.8 Å². The second-order valence-corrected chi connectivity index (χ2v) is 6.77. The Balaban J connectivity index is 2.35. The molecule has 104 valence electrons. The number of sulfonamides is 1. The maximum absolute atomic E-state index is 12.0. The van der Waals surface area contributed by atoms with E-state index in [9.17, 15) is 13.2 Å². The van der Waals surface area contributed by atoms with Gasteiger partial charge >= 0.3 is 0 Å². The summed E-state index contributed by atoms with van der Waals surface area (Å²) in [5, 5.41) is 8.07. The first-order chi connectivity index (χ1) is 8.75. The van der Waals surface area contributed by atoms with Gasteiger partial charge in [-0.2, -0.15) is 0 Å². The summed E-state index contributed by atoms with van der Waals surface area (Å²) in [5.74, 6) is -0.257. The molecule has 6 heteroatoms. The van der Waals surface area contributed by atoms with Crippen molar-refractivity contribution in [2.45, 2.75) is 43.5 Å². The zero-order valence-corrected chi connectivity index (χ0v) is 11.9. The molecule has 3 N–H and O–H groups in total. The molecule has 0 atom stereocenters. The number of nitrogens with two attached hydrogens (primary N) is 1. The van der Waals surface area contributed by atoms with E-state index in [2.05, 4.69) is 5.32 Å². The largest absolute Gasteiger partial charge is 0.347 e. The smallest absolute Gasteiger partial charge is 0.251 e. The average molecular weight is 282 g/mol. The molecule has 1 fully saturated rings. The van der Waals surface area contributed by atoms with Crippen molar-refractivity contribution < 1.29 is 13.2 Å². The van der Waals surface area contributed by atoms with Crippen LogP contribution in [0.5, 0.6) is 0 Å². The van der Waals surface area contributed by atoms with Crippen molar-refractivity contribution in [3.63, 3.8) is 0 Å². The first-order valence-corrected chi connectivity index (χ1v) is 7.78. The number of amides is 1. The molecule has 2 rings (SSSR count). The average Bonchev–Trinajstić information content (AvgIpc) is 3.04. The summed E-state index contributed by atoms with van der Waals surface area (Å²) in [6.45, 7) is 3.81. The van der Waals surface area contributed by atoms with Crippen LogP contribution in [0.4, 0.5) is 0 Å². The van der Waals surface area contributed by atoms with Gasteiger partial charge in [-0.05, 0) is 43.9 Å². The van der Waals surface area contributed by atoms with Crippen molar-refractivity contribution in [1.29, 1.82) is 0 Å². The molecule has 1 aliphatic rings. The lowest BCUT2D eigenvalue weighted by atomic mass is 10.1. The van der Waals surface area contributed by atoms with Crippen molar-refractivity contribution in [3.8, 4) is 0 Å². The van der Waals surface area contributed by atoms with E-state index in [-0.39, 0.29) is 16.3 Å². The van der Waals surface area contributed by atoms with E-state index < -0.39 is 10.0 Å². The zero-order chi connectivity index (χ0) is 14.3. The van der Waals surface area contributed by atoms with Crippen LogP contribution >= 0.6 is 0 Å². The fourth-order valence-electron chi connectivity index (χ4n) is 1.91. The molecule has 0 aliphatic heterocycles. The minimum absolute atomic E-state index is 0.0311. The quantitative estimate of drug-likeness (QED) is 0.869. The van der Waals surface area contributed by atoms with Crippen molar-refractivity contribution in [2.24, 2.45) is 5.14 Å². The van der Waals surface area contributed by atoms with E-state index in [0.29, 0.717) is 17.5 Å². The van der Waals surface area contributed by atoms with Gasteiger partial charge in [0.25, 0.3) is 5.91 Å². The highest BCUT2D eigenvalue weighted by Gasteiger charge is 2.38. The number of carbonyl (C=O) groups excluding carboxylic acids is 1. The Morgan fingerprint density at radius 2 is 2.05 bits per heavy atom. The Morgan fingerprint density at radius 1 is 1.42 bits per heavy atom. The van der Waals surface area contributed by atoms with E-state index in [1.54, 1.807) is 12.1 Å². The van der Waals surface area contributed by atoms with Gasteiger partial charge in [0.1, 0.15) is 0 Å². The Labute approximate surface area is 113 Å². The molecular weight excluding hydrogens is 264 g/mol. The van der Waals surface area contributed by atoms with E-state index in [1.165, 1.54) is 6.07 Å². The second kappa shape index (κ2) is 4.61. The number of aryl methyl sites for hydroxylation is 1. The van der Waals surface area contributed by atoms with Crippen LogP contribution in [0.15, 0.2) is 23.1 Å². The highest BCUT2D eigenvalue weighted by atomic mass is 32.2. The Kier molecular flexibility index (Phi) is 3.40. The lowest BCUT2D eigenvalue weighted by Crippen LogP contribution is -2.34. The van der Waals surface area contributed by atoms with Gasteiger partial charge in [-0.3, -0.25) is 4.79 Å². The molecule has 0 heterocycles. The number of hydrogen-bond acceptors (Lipinski definition) is 3. The van der Waals surface area contributed by atoms with Gasteiger partial charge in [0.15, 0.2) is 0 Å². The summed E-state index contributed by atoms with van der Waals surface area (Å²) < 4.78 is 23.1. The number of hydrogen-bond donors (Lipinski definition) is 2. The lowest BCUT2D eigenvalue weighted by Gasteiger charge is -2.13. The van der Waals surface area contributed by atoms with Crippen LogP contribution in [0.3, 0.4) is 0 Å². The third kappa shape index (κ3) is 3.13. The third-order valence-corrected chi connectivity index (χ3v) is 4.43. The molecule has 5 nitrogen and oxygen atoms in total. The summed E-state index contributed by atoms with van der Waals surface area (Å²) in [4.78, 5) is 12.1. The molecule has 1 amide bonds. The molecule has 1 aromatic rings. The van der Waals surface area contributed by atoms with Crippen molar-refractivity contribution in [1.82, 2.24) is 5.32 Å². The van der Waals surface area contributed by atoms with Crippen molar-refractivity contribution >= 4 is 15.9 Å². The first-order valence-electron chi connectivity index (χ1n) is 6.23. The summed E-state index contributed by atoms with van der Waals surface area (Å²) in [5.41, 5.74) is 0.813. The van der Waals surface area contributed by atoms with Gasteiger partial charge in [0.2, 0.25) is 10.0 Å². The van der Waals surface area contributed by atoms with Crippen LogP contribution in [0.2, 0.25) is 0 Å². The Hall–Kier alpha value is -1.40. The molecule has 0 aromatic heterocycles. The first kappa shape index (κ1) is 14.0. The standard InChI is InChI=1S/C13H18N2O3S/c1-3-9-4-5-10(8-11(9)19(14,17)18)12(16)15-13(2)6-7-13/h4-5,8H,3,6-7H2,1-2H3,(H,15,16)(H2,14,17,18). The maximum atomic E-state index is 12.0. The summed E-state index contributed by atoms with van der Waals surface area (Å²) >= 11 is 0. The molecule has 0 unspecified atom stereocenters. The number of primary sulfonamides is 1. The van der Waals surface area contributed by atoms with Crippen molar-refractivity contribution in [2.75, 3.05) is 0 Å². The molecule has 0 spiro atoms. The monoisotopic (exact) mass is 282 g/mol.